The molecule has 0 N–H and O–H groups in total. The molecule has 0 amide bonds. The molecule has 10 aromatic rings. The van der Waals surface area contributed by atoms with Crippen molar-refractivity contribution in [2.45, 2.75) is 0 Å². The van der Waals surface area contributed by atoms with Crippen molar-refractivity contribution < 1.29 is 0 Å². The highest BCUT2D eigenvalue weighted by molar-refractivity contribution is 6.25. The second-order valence-electron chi connectivity index (χ2n) is 11.6. The summed E-state index contributed by atoms with van der Waals surface area (Å²) in [5.41, 5.74) is 9.24. The Morgan fingerprint density at radius 1 is 0.395 bits per heavy atom. The molecule has 0 saturated carbocycles. The fraction of sp³-hybridized carbons (Fsp3) is 0. The number of para-hydroxylation sites is 2. The molecule has 2 heteroatoms. The van der Waals surface area contributed by atoms with E-state index in [0.717, 1.165) is 16.7 Å². The van der Waals surface area contributed by atoms with E-state index in [2.05, 4.69) is 150 Å². The summed E-state index contributed by atoms with van der Waals surface area (Å²) in [4.78, 5) is 5.06. The Kier molecular flexibility index (Phi) is 4.48. The van der Waals surface area contributed by atoms with Crippen LogP contribution < -0.4 is 0 Å². The lowest BCUT2D eigenvalue weighted by atomic mass is 9.89. The van der Waals surface area contributed by atoms with Crippen molar-refractivity contribution in [3.63, 3.8) is 0 Å². The van der Waals surface area contributed by atoms with Crippen LogP contribution in [-0.4, -0.2) is 9.38 Å². The summed E-state index contributed by atoms with van der Waals surface area (Å²) in [5.74, 6) is 0. The molecule has 2 heterocycles. The topological polar surface area (TPSA) is 17.3 Å². The highest BCUT2D eigenvalue weighted by Gasteiger charge is 2.15. The fourth-order valence-electron chi connectivity index (χ4n) is 7.32. The van der Waals surface area contributed by atoms with E-state index in [0.29, 0.717) is 0 Å². The molecule has 8 aromatic carbocycles. The molecule has 0 radical (unpaired) electrons. The van der Waals surface area contributed by atoms with Gasteiger partial charge in [-0.25, -0.2) is 4.98 Å². The third-order valence-corrected chi connectivity index (χ3v) is 9.32. The molecular weight excluding hydrogens is 520 g/mol. The maximum absolute atomic E-state index is 5.06. The molecule has 198 valence electrons. The first-order valence-corrected chi connectivity index (χ1v) is 14.8. The van der Waals surface area contributed by atoms with Crippen molar-refractivity contribution in [3.05, 3.63) is 146 Å². The summed E-state index contributed by atoms with van der Waals surface area (Å²) in [6.45, 7) is 0. The highest BCUT2D eigenvalue weighted by atomic mass is 15.0. The minimum absolute atomic E-state index is 1.01. The third kappa shape index (κ3) is 3.15. The smallest absolute Gasteiger partial charge is 0.146 e. The van der Waals surface area contributed by atoms with Crippen LogP contribution in [0.25, 0.3) is 92.9 Å². The van der Waals surface area contributed by atoms with Crippen LogP contribution in [-0.2, 0) is 0 Å². The van der Waals surface area contributed by atoms with Gasteiger partial charge in [0.15, 0.2) is 0 Å². The molecule has 2 nitrogen and oxygen atoms in total. The van der Waals surface area contributed by atoms with E-state index in [9.17, 15) is 0 Å². The summed E-state index contributed by atoms with van der Waals surface area (Å²) in [6.07, 6.45) is 0. The quantitative estimate of drug-likeness (QED) is 0.198. The Bertz CT molecular complexity index is 2700. The van der Waals surface area contributed by atoms with Gasteiger partial charge in [-0.15, -0.1) is 0 Å². The van der Waals surface area contributed by atoms with Gasteiger partial charge in [-0.3, -0.25) is 4.40 Å². The lowest BCUT2D eigenvalue weighted by Crippen LogP contribution is -1.92. The van der Waals surface area contributed by atoms with Gasteiger partial charge in [0.05, 0.1) is 16.6 Å². The maximum atomic E-state index is 5.06. The van der Waals surface area contributed by atoms with Crippen LogP contribution in [0.15, 0.2) is 146 Å². The number of hydrogen-bond donors (Lipinski definition) is 0. The van der Waals surface area contributed by atoms with Crippen molar-refractivity contribution in [3.8, 4) is 22.3 Å². The van der Waals surface area contributed by atoms with E-state index < -0.39 is 0 Å². The van der Waals surface area contributed by atoms with E-state index in [1.165, 1.54) is 76.2 Å². The second-order valence-corrected chi connectivity index (χ2v) is 11.6. The first-order valence-electron chi connectivity index (χ1n) is 14.8. The Balaban J connectivity index is 1.16. The lowest BCUT2D eigenvalue weighted by Gasteiger charge is -2.14. The predicted molar refractivity (Wildman–Crippen MR) is 182 cm³/mol. The molecule has 0 fully saturated rings. The number of rotatable bonds is 2. The van der Waals surface area contributed by atoms with Crippen LogP contribution in [0.5, 0.6) is 0 Å². The van der Waals surface area contributed by atoms with Crippen LogP contribution in [0.3, 0.4) is 0 Å². The number of hydrogen-bond acceptors (Lipinski definition) is 1. The molecule has 0 unspecified atom stereocenters. The van der Waals surface area contributed by atoms with Gasteiger partial charge in [-0.05, 0) is 78.2 Å². The van der Waals surface area contributed by atoms with Gasteiger partial charge < -0.3 is 0 Å². The van der Waals surface area contributed by atoms with Crippen molar-refractivity contribution in [2.75, 3.05) is 0 Å². The Labute approximate surface area is 247 Å². The summed E-state index contributed by atoms with van der Waals surface area (Å²) >= 11 is 0. The molecule has 0 atom stereocenters. The number of imidazole rings is 1. The molecule has 0 saturated heterocycles. The summed E-state index contributed by atoms with van der Waals surface area (Å²) in [6, 6.07) is 53.1. The van der Waals surface area contributed by atoms with Gasteiger partial charge in [0.1, 0.15) is 5.65 Å². The van der Waals surface area contributed by atoms with Gasteiger partial charge in [-0.1, -0.05) is 127 Å². The van der Waals surface area contributed by atoms with Gasteiger partial charge in [0.25, 0.3) is 0 Å². The van der Waals surface area contributed by atoms with Crippen molar-refractivity contribution >= 4 is 70.7 Å². The van der Waals surface area contributed by atoms with E-state index in [1.807, 2.05) is 0 Å². The molecule has 0 aliphatic carbocycles. The summed E-state index contributed by atoms with van der Waals surface area (Å²) in [7, 11) is 0. The minimum atomic E-state index is 1.01. The number of benzene rings is 8. The predicted octanol–water partition coefficient (Wildman–Crippen LogP) is 11.0. The maximum Gasteiger partial charge on any atom is 0.146 e. The SMILES string of the molecule is c1cc2ccc3ccc(-c4ccc(-c5ccc6c7ccccc7c7nc8ccccc8n7c6c5)cc4)c4ccc(c1)c2c34. The second kappa shape index (κ2) is 8.40. The third-order valence-electron chi connectivity index (χ3n) is 9.32. The number of aromatic nitrogens is 2. The Hall–Kier alpha value is -5.73. The number of nitrogens with zero attached hydrogens (tertiary/aromatic N) is 2. The standard InChI is InChI=1S/C41H24N2/c1-2-9-35-32(8-1)33-22-20-30(24-38(33)43-37-11-4-3-10-36(37)42-41(35)43)25-12-14-26(15-13-25)31-21-18-29-17-16-27-6-5-7-28-19-23-34(31)40(29)39(27)28/h1-24H. The van der Waals surface area contributed by atoms with E-state index in [4.69, 9.17) is 4.98 Å². The largest absolute Gasteiger partial charge is 0.292 e. The van der Waals surface area contributed by atoms with Crippen LogP contribution in [0.4, 0.5) is 0 Å². The van der Waals surface area contributed by atoms with Crippen LogP contribution in [0, 0.1) is 0 Å². The van der Waals surface area contributed by atoms with Crippen molar-refractivity contribution in [2.24, 2.45) is 0 Å². The highest BCUT2D eigenvalue weighted by Crippen LogP contribution is 2.40. The first kappa shape index (κ1) is 22.9. The Morgan fingerprint density at radius 2 is 1.05 bits per heavy atom. The molecule has 0 aliphatic rings. The molecular formula is C41H24N2. The number of pyridine rings is 1. The van der Waals surface area contributed by atoms with Crippen LogP contribution in [0.2, 0.25) is 0 Å². The minimum Gasteiger partial charge on any atom is -0.292 e. The number of fused-ring (bicyclic) bond motifs is 8. The lowest BCUT2D eigenvalue weighted by molar-refractivity contribution is 1.31. The van der Waals surface area contributed by atoms with E-state index >= 15 is 0 Å². The van der Waals surface area contributed by atoms with E-state index in [-0.39, 0.29) is 0 Å². The molecule has 0 spiro atoms. The van der Waals surface area contributed by atoms with E-state index in [1.54, 1.807) is 0 Å². The fourth-order valence-corrected chi connectivity index (χ4v) is 7.32. The monoisotopic (exact) mass is 544 g/mol. The zero-order valence-electron chi connectivity index (χ0n) is 23.3. The van der Waals surface area contributed by atoms with Crippen LogP contribution >= 0.6 is 0 Å². The normalized spacial score (nSPS) is 12.2. The van der Waals surface area contributed by atoms with Gasteiger partial charge in [0.2, 0.25) is 0 Å². The first-order chi connectivity index (χ1) is 21.3. The Morgan fingerprint density at radius 3 is 1.91 bits per heavy atom. The molecule has 0 aliphatic heterocycles. The van der Waals surface area contributed by atoms with Gasteiger partial charge in [-0.2, -0.15) is 0 Å². The van der Waals surface area contributed by atoms with Gasteiger partial charge in [0, 0.05) is 10.8 Å². The van der Waals surface area contributed by atoms with Gasteiger partial charge >= 0.3 is 0 Å². The molecule has 2 aromatic heterocycles. The zero-order chi connectivity index (χ0) is 28.1. The molecule has 10 rings (SSSR count). The molecule has 0 bridgehead atoms. The molecule has 43 heavy (non-hydrogen) atoms. The average molecular weight is 545 g/mol. The van der Waals surface area contributed by atoms with Crippen molar-refractivity contribution in [1.82, 2.24) is 9.38 Å². The summed E-state index contributed by atoms with van der Waals surface area (Å²) in [5, 5.41) is 11.6. The van der Waals surface area contributed by atoms with Crippen LogP contribution in [0.1, 0.15) is 0 Å². The summed E-state index contributed by atoms with van der Waals surface area (Å²) < 4.78 is 2.33. The van der Waals surface area contributed by atoms with Crippen molar-refractivity contribution in [1.29, 1.82) is 0 Å². The average Bonchev–Trinajstić information content (AvgIpc) is 3.47. The zero-order valence-corrected chi connectivity index (χ0v) is 23.3.